The van der Waals surface area contributed by atoms with Crippen molar-refractivity contribution in [3.05, 3.63) is 29.3 Å². The average molecular weight is 307 g/mol. The van der Waals surface area contributed by atoms with E-state index in [1.54, 1.807) is 24.3 Å². The minimum absolute atomic E-state index is 0.107. The van der Waals surface area contributed by atoms with Gasteiger partial charge in [0.05, 0.1) is 18.2 Å². The van der Waals surface area contributed by atoms with E-state index < -0.39 is 0 Å². The zero-order valence-electron chi connectivity index (χ0n) is 11.9. The van der Waals surface area contributed by atoms with Gasteiger partial charge in [-0.25, -0.2) is 4.90 Å². The number of hydrogen-bond acceptors (Lipinski definition) is 3. The molecule has 5 heteroatoms. The lowest BCUT2D eigenvalue weighted by Gasteiger charge is -2.25. The molecule has 2 amide bonds. The van der Waals surface area contributed by atoms with Crippen LogP contribution in [-0.2, 0) is 9.59 Å². The molecule has 2 fully saturated rings. The predicted octanol–water partition coefficient (Wildman–Crippen LogP) is 2.85. The van der Waals surface area contributed by atoms with Crippen molar-refractivity contribution >= 4 is 29.1 Å². The van der Waals surface area contributed by atoms with E-state index >= 15 is 0 Å². The molecule has 2 aliphatic heterocycles. The number of anilines is 1. The highest BCUT2D eigenvalue weighted by Crippen LogP contribution is 2.28. The first-order valence-corrected chi connectivity index (χ1v) is 7.91. The highest BCUT2D eigenvalue weighted by Gasteiger charge is 2.42. The summed E-state index contributed by atoms with van der Waals surface area (Å²) in [6.07, 6.45) is 4.92. The molecule has 0 N–H and O–H groups in total. The van der Waals surface area contributed by atoms with Gasteiger partial charge < -0.3 is 0 Å². The van der Waals surface area contributed by atoms with Gasteiger partial charge in [-0.3, -0.25) is 14.5 Å². The number of imide groups is 1. The molecule has 2 aliphatic rings. The Morgan fingerprint density at radius 3 is 2.43 bits per heavy atom. The van der Waals surface area contributed by atoms with Crippen LogP contribution in [0.3, 0.4) is 0 Å². The Balaban J connectivity index is 1.81. The molecule has 0 unspecified atom stereocenters. The van der Waals surface area contributed by atoms with Crippen LogP contribution in [0, 0.1) is 0 Å². The van der Waals surface area contributed by atoms with Crippen molar-refractivity contribution < 1.29 is 9.59 Å². The van der Waals surface area contributed by atoms with Crippen molar-refractivity contribution in [3.63, 3.8) is 0 Å². The van der Waals surface area contributed by atoms with Crippen molar-refractivity contribution in [2.24, 2.45) is 0 Å². The van der Waals surface area contributed by atoms with Gasteiger partial charge in [-0.15, -0.1) is 0 Å². The van der Waals surface area contributed by atoms with Gasteiger partial charge in [-0.2, -0.15) is 0 Å². The zero-order chi connectivity index (χ0) is 14.8. The maximum atomic E-state index is 12.7. The maximum Gasteiger partial charge on any atom is 0.251 e. The smallest absolute Gasteiger partial charge is 0.251 e. The van der Waals surface area contributed by atoms with E-state index in [2.05, 4.69) is 4.90 Å². The first-order valence-electron chi connectivity index (χ1n) is 7.53. The molecule has 0 aromatic heterocycles. The summed E-state index contributed by atoms with van der Waals surface area (Å²) in [4.78, 5) is 28.4. The molecule has 0 spiro atoms. The molecule has 0 saturated carbocycles. The van der Waals surface area contributed by atoms with E-state index in [1.165, 1.54) is 17.7 Å². The van der Waals surface area contributed by atoms with Crippen molar-refractivity contribution in [1.29, 1.82) is 0 Å². The molecule has 1 aromatic rings. The Hall–Kier alpha value is -1.39. The van der Waals surface area contributed by atoms with Crippen LogP contribution in [0.15, 0.2) is 24.3 Å². The van der Waals surface area contributed by atoms with E-state index in [1.807, 2.05) is 0 Å². The van der Waals surface area contributed by atoms with E-state index in [-0.39, 0.29) is 24.3 Å². The van der Waals surface area contributed by atoms with Gasteiger partial charge in [0.1, 0.15) is 0 Å². The second-order valence-electron chi connectivity index (χ2n) is 5.72. The molecule has 4 nitrogen and oxygen atoms in total. The summed E-state index contributed by atoms with van der Waals surface area (Å²) >= 11 is 5.97. The third kappa shape index (κ3) is 2.97. The van der Waals surface area contributed by atoms with Crippen LogP contribution >= 0.6 is 11.6 Å². The summed E-state index contributed by atoms with van der Waals surface area (Å²) in [5.41, 5.74) is 0.579. The van der Waals surface area contributed by atoms with Gasteiger partial charge in [-0.05, 0) is 44.1 Å². The molecule has 1 aromatic carbocycles. The lowest BCUT2D eigenvalue weighted by molar-refractivity contribution is -0.122. The lowest BCUT2D eigenvalue weighted by atomic mass is 10.2. The number of amides is 2. The Bertz CT molecular complexity index is 553. The Labute approximate surface area is 129 Å². The fraction of sp³-hybridized carbons (Fsp3) is 0.500. The van der Waals surface area contributed by atoms with E-state index in [9.17, 15) is 9.59 Å². The van der Waals surface area contributed by atoms with Gasteiger partial charge in [0.25, 0.3) is 5.91 Å². The SMILES string of the molecule is O=C1C[C@@H](N2CCCCCC2)C(=O)N1c1cccc(Cl)c1. The van der Waals surface area contributed by atoms with Crippen molar-refractivity contribution in [3.8, 4) is 0 Å². The van der Waals surface area contributed by atoms with Gasteiger partial charge >= 0.3 is 0 Å². The van der Waals surface area contributed by atoms with Crippen LogP contribution in [0.1, 0.15) is 32.1 Å². The average Bonchev–Trinajstić information content (AvgIpc) is 2.66. The molecule has 0 radical (unpaired) electrons. The summed E-state index contributed by atoms with van der Waals surface area (Å²) in [6, 6.07) is 6.63. The maximum absolute atomic E-state index is 12.7. The Morgan fingerprint density at radius 2 is 1.76 bits per heavy atom. The molecule has 0 aliphatic carbocycles. The largest absolute Gasteiger partial charge is 0.292 e. The second kappa shape index (κ2) is 6.16. The summed E-state index contributed by atoms with van der Waals surface area (Å²) in [5, 5.41) is 0.534. The molecule has 3 rings (SSSR count). The minimum Gasteiger partial charge on any atom is -0.292 e. The summed E-state index contributed by atoms with van der Waals surface area (Å²) < 4.78 is 0. The first-order chi connectivity index (χ1) is 10.2. The van der Waals surface area contributed by atoms with Crippen molar-refractivity contribution in [2.75, 3.05) is 18.0 Å². The van der Waals surface area contributed by atoms with E-state index in [4.69, 9.17) is 11.6 Å². The summed E-state index contributed by atoms with van der Waals surface area (Å²) in [7, 11) is 0. The number of carbonyl (C=O) groups excluding carboxylic acids is 2. The van der Waals surface area contributed by atoms with Gasteiger partial charge in [0.15, 0.2) is 0 Å². The number of carbonyl (C=O) groups is 2. The van der Waals surface area contributed by atoms with Gasteiger partial charge in [0.2, 0.25) is 5.91 Å². The molecule has 21 heavy (non-hydrogen) atoms. The Kier molecular flexibility index (Phi) is 4.27. The van der Waals surface area contributed by atoms with Crippen LogP contribution in [0.25, 0.3) is 0 Å². The topological polar surface area (TPSA) is 40.6 Å². The lowest BCUT2D eigenvalue weighted by Crippen LogP contribution is -2.42. The van der Waals surface area contributed by atoms with Crippen molar-refractivity contribution in [1.82, 2.24) is 4.90 Å². The number of hydrogen-bond donors (Lipinski definition) is 0. The number of nitrogens with zero attached hydrogens (tertiary/aromatic N) is 2. The molecular weight excluding hydrogens is 288 g/mol. The number of rotatable bonds is 2. The van der Waals surface area contributed by atoms with E-state index in [0.717, 1.165) is 25.9 Å². The molecule has 112 valence electrons. The monoisotopic (exact) mass is 306 g/mol. The predicted molar refractivity (Wildman–Crippen MR) is 82.4 cm³/mol. The van der Waals surface area contributed by atoms with Crippen LogP contribution in [0.5, 0.6) is 0 Å². The van der Waals surface area contributed by atoms with Crippen LogP contribution in [-0.4, -0.2) is 35.8 Å². The number of benzene rings is 1. The fourth-order valence-corrected chi connectivity index (χ4v) is 3.38. The number of likely N-dealkylation sites (tertiary alicyclic amines) is 1. The van der Waals surface area contributed by atoms with Crippen molar-refractivity contribution in [2.45, 2.75) is 38.1 Å². The third-order valence-corrected chi connectivity index (χ3v) is 4.51. The van der Waals surface area contributed by atoms with Crippen LogP contribution < -0.4 is 4.90 Å². The van der Waals surface area contributed by atoms with Gasteiger partial charge in [-0.1, -0.05) is 30.5 Å². The first kappa shape index (κ1) is 14.5. The zero-order valence-corrected chi connectivity index (χ0v) is 12.7. The van der Waals surface area contributed by atoms with Crippen LogP contribution in [0.4, 0.5) is 5.69 Å². The normalized spacial score (nSPS) is 24.4. The van der Waals surface area contributed by atoms with Crippen LogP contribution in [0.2, 0.25) is 5.02 Å². The molecule has 0 bridgehead atoms. The molecular formula is C16H19ClN2O2. The minimum atomic E-state index is -0.297. The highest BCUT2D eigenvalue weighted by atomic mass is 35.5. The standard InChI is InChI=1S/C16H19ClN2O2/c17-12-6-5-7-13(10-12)19-15(20)11-14(16(19)21)18-8-3-1-2-4-9-18/h5-7,10,14H,1-4,8-9,11H2/t14-/m1/s1. The molecule has 2 saturated heterocycles. The fourth-order valence-electron chi connectivity index (χ4n) is 3.19. The third-order valence-electron chi connectivity index (χ3n) is 4.27. The molecule has 2 heterocycles. The number of halogens is 1. The second-order valence-corrected chi connectivity index (χ2v) is 6.15. The Morgan fingerprint density at radius 1 is 1.05 bits per heavy atom. The summed E-state index contributed by atoms with van der Waals surface area (Å²) in [6.45, 7) is 1.82. The quantitative estimate of drug-likeness (QED) is 0.789. The van der Waals surface area contributed by atoms with Gasteiger partial charge in [0, 0.05) is 5.02 Å². The highest BCUT2D eigenvalue weighted by molar-refractivity contribution is 6.31. The van der Waals surface area contributed by atoms with E-state index in [0.29, 0.717) is 10.7 Å². The summed E-state index contributed by atoms with van der Waals surface area (Å²) in [5.74, 6) is -0.235. The molecule has 1 atom stereocenters.